The summed E-state index contributed by atoms with van der Waals surface area (Å²) in [5.74, 6) is 0.349. The van der Waals surface area contributed by atoms with Crippen LogP contribution in [0.15, 0.2) is 54.9 Å². The number of H-pyrrole nitrogens is 1. The fraction of sp³-hybridized carbons (Fsp3) is 0.333. The third-order valence-electron chi connectivity index (χ3n) is 5.59. The van der Waals surface area contributed by atoms with Gasteiger partial charge in [-0.3, -0.25) is 19.7 Å². The van der Waals surface area contributed by atoms with Crippen molar-refractivity contribution in [2.75, 3.05) is 19.7 Å². The molecular formula is C24H27N5O3. The third kappa shape index (κ3) is 4.96. The SMILES string of the molecule is CCOc1ccccc1CNC(=O)[C@@H]1CCCN(C(=O)c2cc(-c3ccncc3)n[nH]2)C1. The molecule has 2 aromatic heterocycles. The Hall–Kier alpha value is -3.68. The first-order valence-corrected chi connectivity index (χ1v) is 10.9. The molecule has 4 rings (SSSR count). The van der Waals surface area contributed by atoms with Crippen molar-refractivity contribution in [3.63, 3.8) is 0 Å². The van der Waals surface area contributed by atoms with Crippen LogP contribution in [0.3, 0.4) is 0 Å². The summed E-state index contributed by atoms with van der Waals surface area (Å²) in [6.07, 6.45) is 4.91. The van der Waals surface area contributed by atoms with E-state index >= 15 is 0 Å². The van der Waals surface area contributed by atoms with Crippen molar-refractivity contribution in [3.8, 4) is 17.0 Å². The lowest BCUT2D eigenvalue weighted by Gasteiger charge is -2.31. The molecule has 8 heteroatoms. The number of amides is 2. The van der Waals surface area contributed by atoms with Gasteiger partial charge in [0.1, 0.15) is 11.4 Å². The van der Waals surface area contributed by atoms with Crippen LogP contribution < -0.4 is 10.1 Å². The fourth-order valence-electron chi connectivity index (χ4n) is 3.92. The average molecular weight is 434 g/mol. The van der Waals surface area contributed by atoms with E-state index in [1.54, 1.807) is 23.4 Å². The second-order valence-electron chi connectivity index (χ2n) is 7.75. The van der Waals surface area contributed by atoms with Crippen LogP contribution >= 0.6 is 0 Å². The second-order valence-corrected chi connectivity index (χ2v) is 7.75. The molecule has 1 aliphatic heterocycles. The first kappa shape index (κ1) is 21.5. The molecule has 0 spiro atoms. The number of hydrogen-bond acceptors (Lipinski definition) is 5. The number of nitrogens with zero attached hydrogens (tertiary/aromatic N) is 3. The first-order valence-electron chi connectivity index (χ1n) is 10.9. The van der Waals surface area contributed by atoms with Gasteiger partial charge in [0.15, 0.2) is 0 Å². The number of hydrogen-bond donors (Lipinski definition) is 2. The number of para-hydroxylation sites is 1. The summed E-state index contributed by atoms with van der Waals surface area (Å²) in [6, 6.07) is 13.1. The van der Waals surface area contributed by atoms with Gasteiger partial charge in [-0.15, -0.1) is 0 Å². The molecule has 1 saturated heterocycles. The minimum atomic E-state index is -0.241. The normalized spacial score (nSPS) is 15.9. The number of piperidine rings is 1. The lowest BCUT2D eigenvalue weighted by Crippen LogP contribution is -2.45. The van der Waals surface area contributed by atoms with Gasteiger partial charge in [0, 0.05) is 43.2 Å². The number of nitrogens with one attached hydrogen (secondary N) is 2. The number of aromatic amines is 1. The lowest BCUT2D eigenvalue weighted by atomic mass is 9.96. The molecule has 0 bridgehead atoms. The highest BCUT2D eigenvalue weighted by atomic mass is 16.5. The second kappa shape index (κ2) is 10.1. The lowest BCUT2D eigenvalue weighted by molar-refractivity contribution is -0.126. The van der Waals surface area contributed by atoms with Gasteiger partial charge in [-0.05, 0) is 44.0 Å². The maximum atomic E-state index is 13.0. The van der Waals surface area contributed by atoms with E-state index in [1.165, 1.54) is 0 Å². The Morgan fingerprint density at radius 1 is 1.22 bits per heavy atom. The number of ether oxygens (including phenoxy) is 1. The number of pyridine rings is 1. The first-order chi connectivity index (χ1) is 15.7. The maximum Gasteiger partial charge on any atom is 0.271 e. The molecule has 3 aromatic rings. The molecule has 2 N–H and O–H groups in total. The van der Waals surface area contributed by atoms with Crippen LogP contribution in [0, 0.1) is 5.92 Å². The zero-order valence-electron chi connectivity index (χ0n) is 18.1. The van der Waals surface area contributed by atoms with Crippen molar-refractivity contribution in [2.24, 2.45) is 5.92 Å². The maximum absolute atomic E-state index is 13.0. The van der Waals surface area contributed by atoms with Gasteiger partial charge in [-0.1, -0.05) is 18.2 Å². The van der Waals surface area contributed by atoms with Gasteiger partial charge >= 0.3 is 0 Å². The minimum absolute atomic E-state index is 0.0455. The topological polar surface area (TPSA) is 100 Å². The van der Waals surface area contributed by atoms with Crippen LogP contribution in [-0.4, -0.2) is 51.6 Å². The number of rotatable bonds is 7. The number of carbonyl (C=O) groups is 2. The molecule has 0 radical (unpaired) electrons. The predicted octanol–water partition coefficient (Wildman–Crippen LogP) is 3.04. The Bertz CT molecular complexity index is 1070. The molecule has 1 aromatic carbocycles. The summed E-state index contributed by atoms with van der Waals surface area (Å²) in [6.45, 7) is 3.92. The Kier molecular flexibility index (Phi) is 6.79. The van der Waals surface area contributed by atoms with Crippen LogP contribution in [0.4, 0.5) is 0 Å². The van der Waals surface area contributed by atoms with Gasteiger partial charge in [0.2, 0.25) is 5.91 Å². The number of carbonyl (C=O) groups excluding carboxylic acids is 2. The molecule has 1 fully saturated rings. The standard InChI is InChI=1S/C24H27N5O3/c1-2-32-22-8-4-3-6-18(22)15-26-23(30)19-7-5-13-29(16-19)24(31)21-14-20(27-28-21)17-9-11-25-12-10-17/h3-4,6,8-12,14,19H,2,5,7,13,15-16H2,1H3,(H,26,30)(H,27,28)/t19-/m1/s1. The van der Waals surface area contributed by atoms with Crippen molar-refractivity contribution in [2.45, 2.75) is 26.3 Å². The summed E-state index contributed by atoms with van der Waals surface area (Å²) in [5, 5.41) is 10.1. The number of benzene rings is 1. The molecule has 166 valence electrons. The van der Waals surface area contributed by atoms with E-state index in [4.69, 9.17) is 4.74 Å². The van der Waals surface area contributed by atoms with E-state index in [0.717, 1.165) is 29.7 Å². The van der Waals surface area contributed by atoms with Gasteiger partial charge in [0.25, 0.3) is 5.91 Å². The van der Waals surface area contributed by atoms with Crippen LogP contribution in [0.1, 0.15) is 35.8 Å². The Morgan fingerprint density at radius 3 is 2.84 bits per heavy atom. The van der Waals surface area contributed by atoms with E-state index in [2.05, 4.69) is 20.5 Å². The summed E-state index contributed by atoms with van der Waals surface area (Å²) in [5.41, 5.74) is 2.93. The molecule has 1 atom stereocenters. The van der Waals surface area contributed by atoms with Crippen molar-refractivity contribution in [1.82, 2.24) is 25.4 Å². The molecular weight excluding hydrogens is 406 g/mol. The predicted molar refractivity (Wildman–Crippen MR) is 120 cm³/mol. The zero-order chi connectivity index (χ0) is 22.3. The molecule has 3 heterocycles. The van der Waals surface area contributed by atoms with Gasteiger partial charge in [-0.25, -0.2) is 0 Å². The molecule has 2 amide bonds. The average Bonchev–Trinajstić information content (AvgIpc) is 3.34. The summed E-state index contributed by atoms with van der Waals surface area (Å²) in [4.78, 5) is 31.6. The molecule has 0 aliphatic carbocycles. The largest absolute Gasteiger partial charge is 0.494 e. The van der Waals surface area contributed by atoms with Crippen LogP contribution in [0.5, 0.6) is 5.75 Å². The third-order valence-corrected chi connectivity index (χ3v) is 5.59. The van der Waals surface area contributed by atoms with Crippen molar-refractivity contribution < 1.29 is 14.3 Å². The summed E-state index contributed by atoms with van der Waals surface area (Å²) < 4.78 is 5.63. The number of likely N-dealkylation sites (tertiary alicyclic amines) is 1. The van der Waals surface area contributed by atoms with E-state index in [-0.39, 0.29) is 17.7 Å². The quantitative estimate of drug-likeness (QED) is 0.597. The highest BCUT2D eigenvalue weighted by Gasteiger charge is 2.29. The highest BCUT2D eigenvalue weighted by molar-refractivity contribution is 5.94. The molecule has 0 unspecified atom stereocenters. The summed E-state index contributed by atoms with van der Waals surface area (Å²) in [7, 11) is 0. The molecule has 0 saturated carbocycles. The highest BCUT2D eigenvalue weighted by Crippen LogP contribution is 2.22. The Labute approximate surface area is 187 Å². The van der Waals surface area contributed by atoms with E-state index in [9.17, 15) is 9.59 Å². The van der Waals surface area contributed by atoms with Crippen molar-refractivity contribution >= 4 is 11.8 Å². The Morgan fingerprint density at radius 2 is 2.03 bits per heavy atom. The zero-order valence-corrected chi connectivity index (χ0v) is 18.1. The smallest absolute Gasteiger partial charge is 0.271 e. The minimum Gasteiger partial charge on any atom is -0.494 e. The van der Waals surface area contributed by atoms with E-state index in [0.29, 0.717) is 37.6 Å². The summed E-state index contributed by atoms with van der Waals surface area (Å²) >= 11 is 0. The number of aromatic nitrogens is 3. The van der Waals surface area contributed by atoms with Crippen molar-refractivity contribution in [1.29, 1.82) is 0 Å². The monoisotopic (exact) mass is 433 g/mol. The Balaban J connectivity index is 1.36. The van der Waals surface area contributed by atoms with Gasteiger partial charge < -0.3 is 15.0 Å². The van der Waals surface area contributed by atoms with Gasteiger partial charge in [-0.2, -0.15) is 5.10 Å². The van der Waals surface area contributed by atoms with Gasteiger partial charge in [0.05, 0.1) is 18.2 Å². The molecule has 8 nitrogen and oxygen atoms in total. The van der Waals surface area contributed by atoms with Crippen molar-refractivity contribution in [3.05, 3.63) is 66.1 Å². The van der Waals surface area contributed by atoms with E-state index < -0.39 is 0 Å². The van der Waals surface area contributed by atoms with E-state index in [1.807, 2.05) is 43.3 Å². The van der Waals surface area contributed by atoms with Crippen LogP contribution in [-0.2, 0) is 11.3 Å². The molecule has 1 aliphatic rings. The van der Waals surface area contributed by atoms with Crippen LogP contribution in [0.2, 0.25) is 0 Å². The molecule has 32 heavy (non-hydrogen) atoms. The van der Waals surface area contributed by atoms with Crippen LogP contribution in [0.25, 0.3) is 11.3 Å². The fourth-order valence-corrected chi connectivity index (χ4v) is 3.92.